The van der Waals surface area contributed by atoms with Crippen molar-refractivity contribution in [2.24, 2.45) is 0 Å². The summed E-state index contributed by atoms with van der Waals surface area (Å²) in [7, 11) is 2.44. The first-order valence-corrected chi connectivity index (χ1v) is 7.82. The zero-order valence-corrected chi connectivity index (χ0v) is 15.9. The lowest BCUT2D eigenvalue weighted by Crippen LogP contribution is -2.18. The fourth-order valence-electron chi connectivity index (χ4n) is 1.41. The summed E-state index contributed by atoms with van der Waals surface area (Å²) in [6.07, 6.45) is -1.81. The van der Waals surface area contributed by atoms with E-state index >= 15 is 0 Å². The Labute approximate surface area is 155 Å². The highest BCUT2D eigenvalue weighted by atomic mass is 79.9. The second kappa shape index (κ2) is 8.99. The van der Waals surface area contributed by atoms with Crippen LogP contribution in [0.4, 0.5) is 13.2 Å². The van der Waals surface area contributed by atoms with Gasteiger partial charge in [-0.1, -0.05) is 0 Å². The molecule has 0 radical (unpaired) electrons. The topological polar surface area (TPSA) is 99.1 Å². The second-order valence-electron chi connectivity index (χ2n) is 4.21. The normalized spacial score (nSPS) is 10.7. The average molecular weight is 492 g/mol. The van der Waals surface area contributed by atoms with E-state index < -0.39 is 24.7 Å². The number of rotatable bonds is 3. The molecule has 138 valence electrons. The molecule has 2 aromatic rings. The third-order valence-corrected chi connectivity index (χ3v) is 3.60. The number of methoxy groups -OCH3 is 2. The lowest BCUT2D eigenvalue weighted by atomic mass is 10.4. The predicted octanol–water partition coefficient (Wildman–Crippen LogP) is 2.95. The number of H-pyrrole nitrogens is 1. The molecule has 2 heterocycles. The molecule has 2 aromatic heterocycles. The van der Waals surface area contributed by atoms with Gasteiger partial charge >= 0.3 is 18.1 Å². The summed E-state index contributed by atoms with van der Waals surface area (Å²) in [5, 5.41) is 9.54. The third kappa shape index (κ3) is 6.49. The first kappa shape index (κ1) is 21.2. The molecule has 0 unspecified atom stereocenters. The smallest absolute Gasteiger partial charge is 0.408 e. The minimum absolute atomic E-state index is 0.165. The molecule has 0 aliphatic rings. The number of halogens is 5. The number of hydrogen-bond donors (Lipinski definition) is 1. The van der Waals surface area contributed by atoms with E-state index in [1.807, 2.05) is 0 Å². The fraction of sp³-hybridized carbons (Fsp3) is 0.333. The molecule has 0 saturated carbocycles. The van der Waals surface area contributed by atoms with E-state index in [0.29, 0.717) is 14.8 Å². The van der Waals surface area contributed by atoms with Crippen LogP contribution < -0.4 is 0 Å². The van der Waals surface area contributed by atoms with Crippen molar-refractivity contribution in [3.05, 3.63) is 32.7 Å². The number of ether oxygens (including phenoxy) is 2. The van der Waals surface area contributed by atoms with Crippen molar-refractivity contribution in [3.63, 3.8) is 0 Å². The largest absolute Gasteiger partial charge is 0.464 e. The molecule has 0 aliphatic heterocycles. The molecule has 0 saturated heterocycles. The molecule has 0 aliphatic carbocycles. The number of carbonyl (C=O) groups is 2. The maximum atomic E-state index is 12.0. The fourth-order valence-corrected chi connectivity index (χ4v) is 2.24. The zero-order chi connectivity index (χ0) is 19.2. The van der Waals surface area contributed by atoms with Gasteiger partial charge in [0.1, 0.15) is 6.54 Å². The van der Waals surface area contributed by atoms with Crippen LogP contribution in [0.15, 0.2) is 21.3 Å². The van der Waals surface area contributed by atoms with Crippen LogP contribution in [0, 0.1) is 0 Å². The maximum absolute atomic E-state index is 12.0. The van der Waals surface area contributed by atoms with Crippen LogP contribution in [0.25, 0.3) is 0 Å². The van der Waals surface area contributed by atoms with Gasteiger partial charge in [-0.15, -0.1) is 0 Å². The van der Waals surface area contributed by atoms with Crippen molar-refractivity contribution in [2.75, 3.05) is 14.2 Å². The van der Waals surface area contributed by atoms with Crippen LogP contribution in [-0.2, 0) is 16.0 Å². The van der Waals surface area contributed by atoms with Gasteiger partial charge in [0.15, 0.2) is 11.4 Å². The standard InChI is InChI=1S/C7H6BrF3N2O2.C5H5BrN2O2/c1-15-6(14)5-4(8)2-13(12-5)3-7(9,10)11;1-10-5(9)4-3(6)2-7-8-4/h2H,3H2,1H3;2H,1H3,(H,7,8). The van der Waals surface area contributed by atoms with Gasteiger partial charge in [0, 0.05) is 6.20 Å². The van der Waals surface area contributed by atoms with E-state index in [2.05, 4.69) is 56.6 Å². The van der Waals surface area contributed by atoms with Crippen LogP contribution in [0.1, 0.15) is 21.0 Å². The van der Waals surface area contributed by atoms with Crippen LogP contribution in [0.5, 0.6) is 0 Å². The van der Waals surface area contributed by atoms with Crippen molar-refractivity contribution < 1.29 is 32.2 Å². The van der Waals surface area contributed by atoms with E-state index in [4.69, 9.17) is 0 Å². The number of alkyl halides is 3. The molecule has 0 atom stereocenters. The Bertz CT molecular complexity index is 745. The van der Waals surface area contributed by atoms with Gasteiger partial charge in [0.05, 0.1) is 29.4 Å². The Morgan fingerprint density at radius 2 is 1.80 bits per heavy atom. The summed E-state index contributed by atoms with van der Waals surface area (Å²) < 4.78 is 46.1. The second-order valence-corrected chi connectivity index (χ2v) is 5.92. The number of nitrogens with zero attached hydrogens (tertiary/aromatic N) is 3. The zero-order valence-electron chi connectivity index (χ0n) is 12.7. The van der Waals surface area contributed by atoms with Gasteiger partial charge in [-0.2, -0.15) is 23.4 Å². The Morgan fingerprint density at radius 1 is 1.20 bits per heavy atom. The summed E-state index contributed by atoms with van der Waals surface area (Å²) in [4.78, 5) is 21.8. The lowest BCUT2D eigenvalue weighted by molar-refractivity contribution is -0.142. The summed E-state index contributed by atoms with van der Waals surface area (Å²) in [5.74, 6) is -1.22. The summed E-state index contributed by atoms with van der Waals surface area (Å²) >= 11 is 6.03. The van der Waals surface area contributed by atoms with Gasteiger partial charge < -0.3 is 9.47 Å². The van der Waals surface area contributed by atoms with Gasteiger partial charge in [0.25, 0.3) is 0 Å². The monoisotopic (exact) mass is 490 g/mol. The molecule has 0 fully saturated rings. The van der Waals surface area contributed by atoms with Gasteiger partial charge in [-0.3, -0.25) is 9.78 Å². The number of esters is 2. The average Bonchev–Trinajstić information content (AvgIpc) is 3.10. The van der Waals surface area contributed by atoms with Gasteiger partial charge in [-0.25, -0.2) is 9.59 Å². The Balaban J connectivity index is 0.000000271. The number of aromatic amines is 1. The molecule has 0 amide bonds. The molecule has 0 bridgehead atoms. The summed E-state index contributed by atoms with van der Waals surface area (Å²) in [6.45, 7) is -1.25. The van der Waals surface area contributed by atoms with Crippen molar-refractivity contribution in [1.82, 2.24) is 20.0 Å². The lowest BCUT2D eigenvalue weighted by Gasteiger charge is -2.04. The van der Waals surface area contributed by atoms with Crippen LogP contribution in [0.3, 0.4) is 0 Å². The highest BCUT2D eigenvalue weighted by Crippen LogP contribution is 2.21. The first-order chi connectivity index (χ1) is 11.6. The Morgan fingerprint density at radius 3 is 2.24 bits per heavy atom. The van der Waals surface area contributed by atoms with E-state index in [9.17, 15) is 22.8 Å². The molecule has 0 spiro atoms. The van der Waals surface area contributed by atoms with Crippen LogP contribution in [-0.4, -0.2) is 52.3 Å². The summed E-state index contributed by atoms with van der Waals surface area (Å²) in [6, 6.07) is 0. The van der Waals surface area contributed by atoms with Gasteiger partial charge in [-0.05, 0) is 31.9 Å². The highest BCUT2D eigenvalue weighted by molar-refractivity contribution is 9.10. The molecule has 25 heavy (non-hydrogen) atoms. The van der Waals surface area contributed by atoms with E-state index in [1.54, 1.807) is 0 Å². The van der Waals surface area contributed by atoms with Crippen LogP contribution in [0.2, 0.25) is 0 Å². The van der Waals surface area contributed by atoms with Crippen LogP contribution >= 0.6 is 31.9 Å². The summed E-state index contributed by atoms with van der Waals surface area (Å²) in [5.41, 5.74) is 0.157. The van der Waals surface area contributed by atoms with Crippen molar-refractivity contribution in [3.8, 4) is 0 Å². The minimum Gasteiger partial charge on any atom is -0.464 e. The van der Waals surface area contributed by atoms with E-state index in [1.165, 1.54) is 13.3 Å². The molecule has 8 nitrogen and oxygen atoms in total. The van der Waals surface area contributed by atoms with Gasteiger partial charge in [0.2, 0.25) is 0 Å². The highest BCUT2D eigenvalue weighted by Gasteiger charge is 2.29. The molecule has 13 heteroatoms. The maximum Gasteiger partial charge on any atom is 0.408 e. The third-order valence-electron chi connectivity index (χ3n) is 2.42. The SMILES string of the molecule is COC(=O)c1[nH]ncc1Br.COC(=O)c1nn(CC(F)(F)F)cc1Br. The number of carbonyl (C=O) groups excluding carboxylic acids is 2. The van der Waals surface area contributed by atoms with E-state index in [-0.39, 0.29) is 10.2 Å². The number of hydrogen-bond acceptors (Lipinski definition) is 6. The quantitative estimate of drug-likeness (QED) is 0.663. The molecule has 1 N–H and O–H groups in total. The molecule has 0 aromatic carbocycles. The Hall–Kier alpha value is -1.89. The number of aromatic nitrogens is 4. The van der Waals surface area contributed by atoms with Crippen molar-refractivity contribution in [1.29, 1.82) is 0 Å². The molecular weight excluding hydrogens is 481 g/mol. The molecule has 2 rings (SSSR count). The van der Waals surface area contributed by atoms with E-state index in [0.717, 1.165) is 13.3 Å². The van der Waals surface area contributed by atoms with Crippen molar-refractivity contribution in [2.45, 2.75) is 12.7 Å². The predicted molar refractivity (Wildman–Crippen MR) is 84.9 cm³/mol. The number of nitrogens with one attached hydrogen (secondary N) is 1. The minimum atomic E-state index is -4.38. The molecular formula is C12H11Br2F3N4O4. The Kier molecular flexibility index (Phi) is 7.60. The first-order valence-electron chi connectivity index (χ1n) is 6.24. The van der Waals surface area contributed by atoms with Crippen molar-refractivity contribution >= 4 is 43.8 Å².